The third-order valence-electron chi connectivity index (χ3n) is 2.81. The van der Waals surface area contributed by atoms with Crippen LogP contribution in [-0.4, -0.2) is 13.7 Å². The third kappa shape index (κ3) is 2.65. The Balaban J connectivity index is 2.06. The molecule has 82 valence electrons. The van der Waals surface area contributed by atoms with Gasteiger partial charge in [0.1, 0.15) is 0 Å². The lowest BCUT2D eigenvalue weighted by Gasteiger charge is -2.11. The number of aryl methyl sites for hydroxylation is 1. The van der Waals surface area contributed by atoms with Crippen LogP contribution in [0.2, 0.25) is 0 Å². The summed E-state index contributed by atoms with van der Waals surface area (Å²) in [4.78, 5) is 0. The second kappa shape index (κ2) is 4.56. The van der Waals surface area contributed by atoms with Gasteiger partial charge in [0.15, 0.2) is 11.5 Å². The maximum absolute atomic E-state index is 5.73. The van der Waals surface area contributed by atoms with Crippen LogP contribution in [0, 0.1) is 5.92 Å². The van der Waals surface area contributed by atoms with E-state index in [1.807, 2.05) is 6.07 Å². The first-order chi connectivity index (χ1) is 7.33. The molecule has 0 atom stereocenters. The van der Waals surface area contributed by atoms with Crippen LogP contribution in [0.1, 0.15) is 25.3 Å². The highest BCUT2D eigenvalue weighted by atomic mass is 16.5. The number of hydrogen-bond acceptors (Lipinski definition) is 2. The van der Waals surface area contributed by atoms with E-state index in [0.29, 0.717) is 0 Å². The molecule has 0 bridgehead atoms. The Morgan fingerprint density at radius 1 is 1.27 bits per heavy atom. The summed E-state index contributed by atoms with van der Waals surface area (Å²) in [6.07, 6.45) is 3.66. The first-order valence-corrected chi connectivity index (χ1v) is 5.63. The van der Waals surface area contributed by atoms with Crippen molar-refractivity contribution in [3.63, 3.8) is 0 Å². The third-order valence-corrected chi connectivity index (χ3v) is 2.81. The van der Waals surface area contributed by atoms with Crippen molar-refractivity contribution in [2.75, 3.05) is 13.7 Å². The molecule has 2 heteroatoms. The molecule has 1 aliphatic carbocycles. The van der Waals surface area contributed by atoms with E-state index in [1.54, 1.807) is 7.11 Å². The normalized spacial score (nSPS) is 15.1. The molecule has 1 fully saturated rings. The zero-order valence-electron chi connectivity index (χ0n) is 9.45. The van der Waals surface area contributed by atoms with Crippen LogP contribution >= 0.6 is 0 Å². The highest BCUT2D eigenvalue weighted by molar-refractivity contribution is 5.42. The molecule has 0 N–H and O–H groups in total. The Labute approximate surface area is 91.2 Å². The molecule has 1 aromatic rings. The fraction of sp³-hybridized carbons (Fsp3) is 0.538. The Kier molecular flexibility index (Phi) is 3.14. The van der Waals surface area contributed by atoms with Crippen molar-refractivity contribution in [2.24, 2.45) is 5.92 Å². The highest BCUT2D eigenvalue weighted by Crippen LogP contribution is 2.33. The van der Waals surface area contributed by atoms with Crippen LogP contribution in [0.4, 0.5) is 0 Å². The molecular weight excluding hydrogens is 188 g/mol. The van der Waals surface area contributed by atoms with Gasteiger partial charge in [-0.15, -0.1) is 0 Å². The second-order valence-corrected chi connectivity index (χ2v) is 4.09. The summed E-state index contributed by atoms with van der Waals surface area (Å²) in [5.41, 5.74) is 1.28. The summed E-state index contributed by atoms with van der Waals surface area (Å²) in [5.74, 6) is 2.51. The highest BCUT2D eigenvalue weighted by Gasteiger charge is 2.22. The number of rotatable bonds is 5. The minimum Gasteiger partial charge on any atom is -0.493 e. The van der Waals surface area contributed by atoms with Crippen molar-refractivity contribution in [2.45, 2.75) is 26.2 Å². The van der Waals surface area contributed by atoms with E-state index in [9.17, 15) is 0 Å². The van der Waals surface area contributed by atoms with Gasteiger partial charge in [0.25, 0.3) is 0 Å². The summed E-state index contributed by atoms with van der Waals surface area (Å²) in [7, 11) is 1.69. The Bertz CT molecular complexity index is 329. The molecule has 2 nitrogen and oxygen atoms in total. The van der Waals surface area contributed by atoms with Gasteiger partial charge in [-0.1, -0.05) is 13.0 Å². The number of hydrogen-bond donors (Lipinski definition) is 0. The van der Waals surface area contributed by atoms with E-state index < -0.39 is 0 Å². The zero-order chi connectivity index (χ0) is 10.7. The van der Waals surface area contributed by atoms with Gasteiger partial charge in [0, 0.05) is 0 Å². The van der Waals surface area contributed by atoms with E-state index in [-0.39, 0.29) is 0 Å². The van der Waals surface area contributed by atoms with E-state index in [1.165, 1.54) is 18.4 Å². The van der Waals surface area contributed by atoms with Gasteiger partial charge in [-0.3, -0.25) is 0 Å². The van der Waals surface area contributed by atoms with Gasteiger partial charge >= 0.3 is 0 Å². The number of methoxy groups -OCH3 is 1. The van der Waals surface area contributed by atoms with Crippen LogP contribution in [-0.2, 0) is 6.42 Å². The van der Waals surface area contributed by atoms with Crippen molar-refractivity contribution in [3.8, 4) is 11.5 Å². The quantitative estimate of drug-likeness (QED) is 0.737. The maximum atomic E-state index is 5.73. The predicted octanol–water partition coefficient (Wildman–Crippen LogP) is 3.05. The monoisotopic (exact) mass is 206 g/mol. The zero-order valence-corrected chi connectivity index (χ0v) is 9.45. The van der Waals surface area contributed by atoms with E-state index in [0.717, 1.165) is 30.4 Å². The second-order valence-electron chi connectivity index (χ2n) is 4.09. The minimum atomic E-state index is 0.778. The molecule has 1 aromatic carbocycles. The van der Waals surface area contributed by atoms with Gasteiger partial charge < -0.3 is 9.47 Å². The smallest absolute Gasteiger partial charge is 0.161 e. The van der Waals surface area contributed by atoms with Crippen molar-refractivity contribution >= 4 is 0 Å². The molecule has 0 aromatic heterocycles. The van der Waals surface area contributed by atoms with Crippen molar-refractivity contribution in [1.82, 2.24) is 0 Å². The SMILES string of the molecule is CCc1ccc(OCC2CC2)c(OC)c1. The van der Waals surface area contributed by atoms with E-state index >= 15 is 0 Å². The number of ether oxygens (including phenoxy) is 2. The van der Waals surface area contributed by atoms with Crippen LogP contribution in [0.5, 0.6) is 11.5 Å². The molecular formula is C13H18O2. The van der Waals surface area contributed by atoms with E-state index in [4.69, 9.17) is 9.47 Å². The van der Waals surface area contributed by atoms with Gasteiger partial charge in [0.05, 0.1) is 13.7 Å². The van der Waals surface area contributed by atoms with Crippen LogP contribution in [0.3, 0.4) is 0 Å². The van der Waals surface area contributed by atoms with Gasteiger partial charge in [-0.2, -0.15) is 0 Å². The Morgan fingerprint density at radius 3 is 2.67 bits per heavy atom. The molecule has 0 saturated heterocycles. The summed E-state index contributed by atoms with van der Waals surface area (Å²) >= 11 is 0. The molecule has 0 aliphatic heterocycles. The van der Waals surface area contributed by atoms with Crippen LogP contribution < -0.4 is 9.47 Å². The van der Waals surface area contributed by atoms with Crippen LogP contribution in [0.25, 0.3) is 0 Å². The fourth-order valence-electron chi connectivity index (χ4n) is 1.54. The summed E-state index contributed by atoms with van der Waals surface area (Å²) in [6, 6.07) is 6.17. The molecule has 15 heavy (non-hydrogen) atoms. The first-order valence-electron chi connectivity index (χ1n) is 5.63. The van der Waals surface area contributed by atoms with Crippen LogP contribution in [0.15, 0.2) is 18.2 Å². The standard InChI is InChI=1S/C13H18O2/c1-3-10-6-7-12(13(8-10)14-2)15-9-11-4-5-11/h6-8,11H,3-5,9H2,1-2H3. The van der Waals surface area contributed by atoms with E-state index in [2.05, 4.69) is 19.1 Å². The molecule has 0 unspecified atom stereocenters. The summed E-state index contributed by atoms with van der Waals surface area (Å²) < 4.78 is 11.0. The molecule has 0 radical (unpaired) electrons. The molecule has 0 heterocycles. The lowest BCUT2D eigenvalue weighted by atomic mass is 10.1. The Hall–Kier alpha value is -1.18. The van der Waals surface area contributed by atoms with Crippen molar-refractivity contribution in [3.05, 3.63) is 23.8 Å². The van der Waals surface area contributed by atoms with Crippen molar-refractivity contribution < 1.29 is 9.47 Å². The maximum Gasteiger partial charge on any atom is 0.161 e. The first kappa shape index (κ1) is 10.3. The molecule has 0 amide bonds. The van der Waals surface area contributed by atoms with Gasteiger partial charge in [-0.05, 0) is 42.9 Å². The average Bonchev–Trinajstić information content (AvgIpc) is 3.10. The Morgan fingerprint density at radius 2 is 2.07 bits per heavy atom. The minimum absolute atomic E-state index is 0.778. The summed E-state index contributed by atoms with van der Waals surface area (Å²) in [5, 5.41) is 0. The predicted molar refractivity (Wildman–Crippen MR) is 60.6 cm³/mol. The lowest BCUT2D eigenvalue weighted by molar-refractivity contribution is 0.280. The lowest BCUT2D eigenvalue weighted by Crippen LogP contribution is -2.01. The molecule has 1 aliphatic rings. The fourth-order valence-corrected chi connectivity index (χ4v) is 1.54. The largest absolute Gasteiger partial charge is 0.493 e. The molecule has 1 saturated carbocycles. The molecule has 0 spiro atoms. The van der Waals surface area contributed by atoms with Gasteiger partial charge in [-0.25, -0.2) is 0 Å². The number of benzene rings is 1. The molecule has 2 rings (SSSR count). The average molecular weight is 206 g/mol. The topological polar surface area (TPSA) is 18.5 Å². The van der Waals surface area contributed by atoms with Crippen molar-refractivity contribution in [1.29, 1.82) is 0 Å². The van der Waals surface area contributed by atoms with Gasteiger partial charge in [0.2, 0.25) is 0 Å². The summed E-state index contributed by atoms with van der Waals surface area (Å²) in [6.45, 7) is 2.97.